The van der Waals surface area contributed by atoms with E-state index in [2.05, 4.69) is 13.8 Å². The lowest BCUT2D eigenvalue weighted by Gasteiger charge is -1.92. The summed E-state index contributed by atoms with van der Waals surface area (Å²) in [6, 6.07) is 0. The van der Waals surface area contributed by atoms with E-state index in [1.165, 1.54) is 17.5 Å². The van der Waals surface area contributed by atoms with E-state index in [1.54, 1.807) is 0 Å². The summed E-state index contributed by atoms with van der Waals surface area (Å²) in [6.07, 6.45) is 4.21. The van der Waals surface area contributed by atoms with Crippen molar-refractivity contribution in [1.29, 1.82) is 0 Å². The van der Waals surface area contributed by atoms with Crippen molar-refractivity contribution >= 4 is 0 Å². The van der Waals surface area contributed by atoms with Gasteiger partial charge in [-0.1, -0.05) is 13.3 Å². The largest absolute Gasteiger partial charge is 0.469 e. The lowest BCUT2D eigenvalue weighted by atomic mass is 10.1. The lowest BCUT2D eigenvalue weighted by Crippen LogP contribution is -1.82. The normalized spacial score (nSPS) is 10.3. The van der Waals surface area contributed by atoms with Gasteiger partial charge in [-0.25, -0.2) is 0 Å². The van der Waals surface area contributed by atoms with E-state index in [-0.39, 0.29) is 0 Å². The van der Waals surface area contributed by atoms with Gasteiger partial charge in [0.1, 0.15) is 5.76 Å². The third-order valence-corrected chi connectivity index (χ3v) is 1.91. The zero-order chi connectivity index (χ0) is 7.56. The van der Waals surface area contributed by atoms with Gasteiger partial charge in [-0.3, -0.25) is 0 Å². The molecule has 0 fully saturated rings. The van der Waals surface area contributed by atoms with E-state index < -0.39 is 0 Å². The molecule has 0 unspecified atom stereocenters. The fourth-order valence-corrected chi connectivity index (χ4v) is 1.08. The highest BCUT2D eigenvalue weighted by atomic mass is 16.3. The van der Waals surface area contributed by atoms with Crippen LogP contribution in [-0.2, 0) is 6.42 Å². The quantitative estimate of drug-likeness (QED) is 0.612. The summed E-state index contributed by atoms with van der Waals surface area (Å²) in [5.41, 5.74) is 2.68. The van der Waals surface area contributed by atoms with E-state index in [0.717, 1.165) is 12.2 Å². The molecular weight excluding hydrogens is 124 g/mol. The first-order chi connectivity index (χ1) is 4.75. The van der Waals surface area contributed by atoms with Gasteiger partial charge in [-0.15, -0.1) is 0 Å². The van der Waals surface area contributed by atoms with Gasteiger partial charge in [0.05, 0.1) is 6.26 Å². The van der Waals surface area contributed by atoms with Gasteiger partial charge in [0, 0.05) is 0 Å². The molecule has 0 bridgehead atoms. The molecule has 0 amide bonds. The molecular formula is C9H14O. The highest BCUT2D eigenvalue weighted by Gasteiger charge is 2.02. The van der Waals surface area contributed by atoms with Crippen molar-refractivity contribution in [2.24, 2.45) is 0 Å². The Morgan fingerprint density at radius 3 is 2.50 bits per heavy atom. The highest BCUT2D eigenvalue weighted by molar-refractivity contribution is 5.25. The molecule has 1 rings (SSSR count). The van der Waals surface area contributed by atoms with Crippen molar-refractivity contribution in [3.8, 4) is 0 Å². The maximum absolute atomic E-state index is 5.25. The van der Waals surface area contributed by atoms with E-state index >= 15 is 0 Å². The highest BCUT2D eigenvalue weighted by Crippen LogP contribution is 2.15. The van der Waals surface area contributed by atoms with Crippen LogP contribution in [0.15, 0.2) is 10.7 Å². The summed E-state index contributed by atoms with van der Waals surface area (Å²) >= 11 is 0. The summed E-state index contributed by atoms with van der Waals surface area (Å²) in [5, 5.41) is 0. The number of hydrogen-bond donors (Lipinski definition) is 0. The zero-order valence-corrected chi connectivity index (χ0v) is 6.90. The Labute approximate surface area is 62.1 Å². The third-order valence-electron chi connectivity index (χ3n) is 1.91. The number of aryl methyl sites for hydroxylation is 2. The molecule has 0 saturated heterocycles. The molecule has 0 saturated carbocycles. The van der Waals surface area contributed by atoms with Gasteiger partial charge < -0.3 is 4.42 Å². The SMILES string of the molecule is CCCc1coc(C)c1C. The molecule has 10 heavy (non-hydrogen) atoms. The second-order valence-electron chi connectivity index (χ2n) is 2.69. The van der Waals surface area contributed by atoms with Crippen molar-refractivity contribution in [3.63, 3.8) is 0 Å². The van der Waals surface area contributed by atoms with E-state index in [1.807, 2.05) is 13.2 Å². The summed E-state index contributed by atoms with van der Waals surface area (Å²) < 4.78 is 5.25. The summed E-state index contributed by atoms with van der Waals surface area (Å²) in [6.45, 7) is 6.31. The Kier molecular flexibility index (Phi) is 2.15. The first-order valence-electron chi connectivity index (χ1n) is 3.79. The van der Waals surface area contributed by atoms with Crippen LogP contribution in [0.4, 0.5) is 0 Å². The molecule has 0 N–H and O–H groups in total. The molecule has 1 heterocycles. The van der Waals surface area contributed by atoms with Crippen LogP contribution in [0.25, 0.3) is 0 Å². The fraction of sp³-hybridized carbons (Fsp3) is 0.556. The third kappa shape index (κ3) is 1.23. The first-order valence-corrected chi connectivity index (χ1v) is 3.79. The van der Waals surface area contributed by atoms with Crippen LogP contribution in [0.2, 0.25) is 0 Å². The Morgan fingerprint density at radius 2 is 2.10 bits per heavy atom. The molecule has 0 radical (unpaired) electrons. The van der Waals surface area contributed by atoms with Crippen LogP contribution in [0, 0.1) is 13.8 Å². The summed E-state index contributed by atoms with van der Waals surface area (Å²) in [5.74, 6) is 1.06. The molecule has 0 aliphatic heterocycles. The van der Waals surface area contributed by atoms with Gasteiger partial charge in [0.15, 0.2) is 0 Å². The molecule has 1 heteroatoms. The number of rotatable bonds is 2. The van der Waals surface area contributed by atoms with E-state index in [9.17, 15) is 0 Å². The average Bonchev–Trinajstić information content (AvgIpc) is 2.20. The summed E-state index contributed by atoms with van der Waals surface area (Å²) in [7, 11) is 0. The van der Waals surface area contributed by atoms with Crippen LogP contribution < -0.4 is 0 Å². The average molecular weight is 138 g/mol. The minimum atomic E-state index is 1.06. The number of furan rings is 1. The topological polar surface area (TPSA) is 13.1 Å². The Balaban J connectivity index is 2.83. The second kappa shape index (κ2) is 2.91. The first kappa shape index (κ1) is 7.39. The molecule has 1 aromatic rings. The van der Waals surface area contributed by atoms with Crippen LogP contribution in [0.1, 0.15) is 30.2 Å². The van der Waals surface area contributed by atoms with Crippen molar-refractivity contribution in [2.75, 3.05) is 0 Å². The standard InChI is InChI=1S/C9H14O/c1-4-5-9-6-10-8(3)7(9)2/h6H,4-5H2,1-3H3. The minimum Gasteiger partial charge on any atom is -0.469 e. The van der Waals surface area contributed by atoms with E-state index in [4.69, 9.17) is 4.42 Å². The minimum absolute atomic E-state index is 1.06. The fourth-order valence-electron chi connectivity index (χ4n) is 1.08. The van der Waals surface area contributed by atoms with Gasteiger partial charge in [-0.2, -0.15) is 0 Å². The molecule has 0 spiro atoms. The van der Waals surface area contributed by atoms with Gasteiger partial charge in [0.2, 0.25) is 0 Å². The van der Waals surface area contributed by atoms with E-state index in [0.29, 0.717) is 0 Å². The Bertz CT molecular complexity index is 211. The molecule has 1 aromatic heterocycles. The van der Waals surface area contributed by atoms with Crippen molar-refractivity contribution in [2.45, 2.75) is 33.6 Å². The van der Waals surface area contributed by atoms with Gasteiger partial charge in [-0.05, 0) is 31.4 Å². The Hall–Kier alpha value is -0.720. The predicted octanol–water partition coefficient (Wildman–Crippen LogP) is 2.85. The molecule has 1 nitrogen and oxygen atoms in total. The van der Waals surface area contributed by atoms with Crippen molar-refractivity contribution < 1.29 is 4.42 Å². The van der Waals surface area contributed by atoms with Crippen LogP contribution in [-0.4, -0.2) is 0 Å². The van der Waals surface area contributed by atoms with Crippen LogP contribution >= 0.6 is 0 Å². The molecule has 0 atom stereocenters. The van der Waals surface area contributed by atoms with Gasteiger partial charge >= 0.3 is 0 Å². The Morgan fingerprint density at radius 1 is 1.40 bits per heavy atom. The maximum Gasteiger partial charge on any atom is 0.103 e. The summed E-state index contributed by atoms with van der Waals surface area (Å²) in [4.78, 5) is 0. The molecule has 0 aliphatic rings. The second-order valence-corrected chi connectivity index (χ2v) is 2.69. The van der Waals surface area contributed by atoms with Crippen LogP contribution in [0.3, 0.4) is 0 Å². The predicted molar refractivity (Wildman–Crippen MR) is 42.2 cm³/mol. The van der Waals surface area contributed by atoms with Gasteiger partial charge in [0.25, 0.3) is 0 Å². The molecule has 56 valence electrons. The smallest absolute Gasteiger partial charge is 0.103 e. The van der Waals surface area contributed by atoms with Crippen molar-refractivity contribution in [3.05, 3.63) is 23.2 Å². The van der Waals surface area contributed by atoms with Crippen LogP contribution in [0.5, 0.6) is 0 Å². The molecule has 0 aromatic carbocycles. The maximum atomic E-state index is 5.25. The lowest BCUT2D eigenvalue weighted by molar-refractivity contribution is 0.529. The monoisotopic (exact) mass is 138 g/mol. The molecule has 0 aliphatic carbocycles. The number of hydrogen-bond acceptors (Lipinski definition) is 1. The zero-order valence-electron chi connectivity index (χ0n) is 6.90. The van der Waals surface area contributed by atoms with Crippen molar-refractivity contribution in [1.82, 2.24) is 0 Å².